The van der Waals surface area contributed by atoms with Crippen molar-refractivity contribution < 1.29 is 0 Å². The van der Waals surface area contributed by atoms with Crippen LogP contribution in [0.15, 0.2) is 47.7 Å². The fraction of sp³-hybridized carbons (Fsp3) is 0.455. The van der Waals surface area contributed by atoms with Gasteiger partial charge in [-0.1, -0.05) is 30.7 Å². The second-order valence-corrected chi connectivity index (χ2v) is 7.57. The Morgan fingerprint density at radius 3 is 2.80 bits per heavy atom. The van der Waals surface area contributed by atoms with Gasteiger partial charge in [-0.3, -0.25) is 9.67 Å². The Morgan fingerprint density at radius 2 is 1.97 bits per heavy atom. The third-order valence-corrected chi connectivity index (χ3v) is 5.51. The Morgan fingerprint density at radius 1 is 1.07 bits per heavy atom. The molecule has 0 spiro atoms. The van der Waals surface area contributed by atoms with E-state index in [2.05, 4.69) is 59.8 Å². The lowest BCUT2D eigenvalue weighted by Gasteiger charge is -2.14. The molecule has 30 heavy (non-hydrogen) atoms. The molecule has 3 aromatic rings. The normalized spacial score (nSPS) is 14.2. The summed E-state index contributed by atoms with van der Waals surface area (Å²) in [7, 11) is 1.80. The van der Waals surface area contributed by atoms with Crippen LogP contribution < -0.4 is 10.6 Å². The molecular weight excluding hydrogens is 376 g/mol. The van der Waals surface area contributed by atoms with E-state index >= 15 is 0 Å². The summed E-state index contributed by atoms with van der Waals surface area (Å²) in [5.41, 5.74) is 2.48. The van der Waals surface area contributed by atoms with Crippen LogP contribution in [0.25, 0.3) is 0 Å². The summed E-state index contributed by atoms with van der Waals surface area (Å²) in [4.78, 5) is 4.36. The second-order valence-electron chi connectivity index (χ2n) is 7.57. The van der Waals surface area contributed by atoms with Crippen molar-refractivity contribution in [3.05, 3.63) is 65.5 Å². The van der Waals surface area contributed by atoms with Gasteiger partial charge in [0, 0.05) is 51.9 Å². The number of nitrogens with zero attached hydrogens (tertiary/aromatic N) is 6. The highest BCUT2D eigenvalue weighted by molar-refractivity contribution is 5.79. The topological polar surface area (TPSA) is 85.0 Å². The van der Waals surface area contributed by atoms with E-state index < -0.39 is 0 Å². The van der Waals surface area contributed by atoms with Crippen molar-refractivity contribution in [1.82, 2.24) is 35.2 Å². The van der Waals surface area contributed by atoms with Gasteiger partial charge in [-0.05, 0) is 30.0 Å². The molecule has 2 aromatic heterocycles. The Bertz CT molecular complexity index is 957. The van der Waals surface area contributed by atoms with Crippen molar-refractivity contribution in [1.29, 1.82) is 0 Å². The first kappa shape index (κ1) is 20.1. The molecular formula is C22H30N8. The molecule has 0 amide bonds. The standard InChI is InChI=1S/C22H30N8/c1-23-22(24-13-11-21-28-27-20-10-3-2-6-15-30(20)21)25-16-18-8-4-5-9-19(18)17-29-14-7-12-26-29/h4-5,7-9,12,14H,2-3,6,10-11,13,15-17H2,1H3,(H2,23,24,25). The van der Waals surface area contributed by atoms with Crippen LogP contribution in [0.2, 0.25) is 0 Å². The summed E-state index contributed by atoms with van der Waals surface area (Å²) < 4.78 is 4.24. The number of aromatic nitrogens is 5. The van der Waals surface area contributed by atoms with Gasteiger partial charge in [-0.25, -0.2) is 0 Å². The molecule has 1 aromatic carbocycles. The lowest BCUT2D eigenvalue weighted by atomic mass is 10.1. The maximum atomic E-state index is 4.41. The van der Waals surface area contributed by atoms with E-state index in [1.54, 1.807) is 13.2 Å². The molecule has 0 unspecified atom stereocenters. The van der Waals surface area contributed by atoms with Crippen molar-refractivity contribution >= 4 is 5.96 Å². The summed E-state index contributed by atoms with van der Waals surface area (Å²) in [5.74, 6) is 3.00. The zero-order valence-corrected chi connectivity index (χ0v) is 17.6. The SMILES string of the molecule is CN=C(NCCc1nnc2n1CCCCC2)NCc1ccccc1Cn1cccn1. The van der Waals surface area contributed by atoms with Gasteiger partial charge in [0.1, 0.15) is 11.6 Å². The first-order chi connectivity index (χ1) is 14.8. The van der Waals surface area contributed by atoms with Crippen LogP contribution in [-0.4, -0.2) is 44.1 Å². The fourth-order valence-corrected chi connectivity index (χ4v) is 3.88. The van der Waals surface area contributed by atoms with Gasteiger partial charge in [0.2, 0.25) is 0 Å². The maximum Gasteiger partial charge on any atom is 0.191 e. The average molecular weight is 407 g/mol. The molecule has 0 fully saturated rings. The monoisotopic (exact) mass is 406 g/mol. The van der Waals surface area contributed by atoms with E-state index in [1.165, 1.54) is 30.4 Å². The number of nitrogens with one attached hydrogen (secondary N) is 2. The zero-order valence-electron chi connectivity index (χ0n) is 17.6. The number of guanidine groups is 1. The molecule has 0 saturated carbocycles. The van der Waals surface area contributed by atoms with Crippen LogP contribution >= 0.6 is 0 Å². The van der Waals surface area contributed by atoms with Gasteiger partial charge in [0.25, 0.3) is 0 Å². The number of rotatable bonds is 7. The Labute approximate surface area is 177 Å². The van der Waals surface area contributed by atoms with Crippen LogP contribution in [0.1, 0.15) is 42.0 Å². The molecule has 0 bridgehead atoms. The van der Waals surface area contributed by atoms with E-state index in [9.17, 15) is 0 Å². The van der Waals surface area contributed by atoms with Crippen molar-refractivity contribution in [2.45, 2.75) is 51.7 Å². The molecule has 2 N–H and O–H groups in total. The molecule has 0 saturated heterocycles. The maximum absolute atomic E-state index is 4.41. The summed E-state index contributed by atoms with van der Waals surface area (Å²) in [6.45, 7) is 3.27. The number of aryl methyl sites for hydroxylation is 1. The third kappa shape index (κ3) is 5.06. The first-order valence-electron chi connectivity index (χ1n) is 10.7. The molecule has 0 atom stereocenters. The number of hydrogen-bond acceptors (Lipinski definition) is 4. The van der Waals surface area contributed by atoms with Crippen LogP contribution in [0.3, 0.4) is 0 Å². The number of fused-ring (bicyclic) bond motifs is 1. The molecule has 0 aliphatic carbocycles. The Kier molecular flexibility index (Phi) is 6.74. The lowest BCUT2D eigenvalue weighted by Crippen LogP contribution is -2.38. The molecule has 4 rings (SSSR count). The van der Waals surface area contributed by atoms with E-state index in [4.69, 9.17) is 0 Å². The molecule has 8 heteroatoms. The second kappa shape index (κ2) is 10.0. The highest BCUT2D eigenvalue weighted by Gasteiger charge is 2.14. The van der Waals surface area contributed by atoms with Gasteiger partial charge < -0.3 is 15.2 Å². The quantitative estimate of drug-likeness (QED) is 0.464. The van der Waals surface area contributed by atoms with E-state index in [0.717, 1.165) is 50.1 Å². The predicted octanol–water partition coefficient (Wildman–Crippen LogP) is 2.16. The smallest absolute Gasteiger partial charge is 0.191 e. The van der Waals surface area contributed by atoms with Crippen molar-refractivity contribution in [3.63, 3.8) is 0 Å². The van der Waals surface area contributed by atoms with Crippen molar-refractivity contribution in [2.75, 3.05) is 13.6 Å². The van der Waals surface area contributed by atoms with E-state index in [-0.39, 0.29) is 0 Å². The minimum absolute atomic E-state index is 0.706. The van der Waals surface area contributed by atoms with Crippen molar-refractivity contribution in [2.24, 2.45) is 4.99 Å². The Balaban J connectivity index is 1.29. The highest BCUT2D eigenvalue weighted by atomic mass is 15.3. The summed E-state index contributed by atoms with van der Waals surface area (Å²) in [5, 5.41) is 19.9. The van der Waals surface area contributed by atoms with Gasteiger partial charge in [-0.15, -0.1) is 10.2 Å². The summed E-state index contributed by atoms with van der Waals surface area (Å²) >= 11 is 0. The summed E-state index contributed by atoms with van der Waals surface area (Å²) in [6.07, 6.45) is 9.38. The average Bonchev–Trinajstić information content (AvgIpc) is 3.35. The van der Waals surface area contributed by atoms with Crippen LogP contribution in [0, 0.1) is 0 Å². The number of hydrogen-bond donors (Lipinski definition) is 2. The van der Waals surface area contributed by atoms with Gasteiger partial charge in [0.15, 0.2) is 5.96 Å². The van der Waals surface area contributed by atoms with Crippen LogP contribution in [0.5, 0.6) is 0 Å². The minimum Gasteiger partial charge on any atom is -0.356 e. The zero-order chi connectivity index (χ0) is 20.6. The summed E-state index contributed by atoms with van der Waals surface area (Å²) in [6, 6.07) is 10.4. The predicted molar refractivity (Wildman–Crippen MR) is 117 cm³/mol. The number of benzene rings is 1. The van der Waals surface area contributed by atoms with Crippen LogP contribution in [-0.2, 0) is 32.5 Å². The van der Waals surface area contributed by atoms with Gasteiger partial charge >= 0.3 is 0 Å². The van der Waals surface area contributed by atoms with Gasteiger partial charge in [0.05, 0.1) is 6.54 Å². The minimum atomic E-state index is 0.706. The first-order valence-corrected chi connectivity index (χ1v) is 10.7. The molecule has 158 valence electrons. The van der Waals surface area contributed by atoms with Gasteiger partial charge in [-0.2, -0.15) is 5.10 Å². The Hall–Kier alpha value is -3.16. The van der Waals surface area contributed by atoms with Crippen LogP contribution in [0.4, 0.5) is 0 Å². The molecule has 1 aliphatic rings. The molecule has 3 heterocycles. The fourth-order valence-electron chi connectivity index (χ4n) is 3.88. The number of aliphatic imine (C=N–C) groups is 1. The van der Waals surface area contributed by atoms with E-state index in [0.29, 0.717) is 6.54 Å². The molecule has 0 radical (unpaired) electrons. The highest BCUT2D eigenvalue weighted by Crippen LogP contribution is 2.14. The lowest BCUT2D eigenvalue weighted by molar-refractivity contribution is 0.600. The molecule has 8 nitrogen and oxygen atoms in total. The largest absolute Gasteiger partial charge is 0.356 e. The molecule has 1 aliphatic heterocycles. The van der Waals surface area contributed by atoms with E-state index in [1.807, 2.05) is 16.9 Å². The third-order valence-electron chi connectivity index (χ3n) is 5.51. The van der Waals surface area contributed by atoms with Crippen molar-refractivity contribution in [3.8, 4) is 0 Å².